The van der Waals surface area contributed by atoms with Crippen molar-refractivity contribution in [3.8, 4) is 0 Å². The molecule has 0 fully saturated rings. The molecule has 3 heteroatoms. The molecule has 0 saturated carbocycles. The standard InChI is InChI=1S/C12H13NO2/c1-7-5-4-6-10-11(7)8(2)9(3)13(10)12(14)15/h4-6H,1-3H3,(H,14,15). The van der Waals surface area contributed by atoms with Gasteiger partial charge in [-0.1, -0.05) is 12.1 Å². The summed E-state index contributed by atoms with van der Waals surface area (Å²) >= 11 is 0. The quantitative estimate of drug-likeness (QED) is 0.714. The number of aryl methyl sites for hydroxylation is 2. The second-order valence-corrected chi connectivity index (χ2v) is 3.80. The fraction of sp³-hybridized carbons (Fsp3) is 0.250. The van der Waals surface area contributed by atoms with Gasteiger partial charge in [-0.15, -0.1) is 0 Å². The first-order valence-corrected chi connectivity index (χ1v) is 4.84. The average molecular weight is 203 g/mol. The highest BCUT2D eigenvalue weighted by Gasteiger charge is 2.15. The fourth-order valence-corrected chi connectivity index (χ4v) is 2.10. The van der Waals surface area contributed by atoms with E-state index in [9.17, 15) is 4.79 Å². The van der Waals surface area contributed by atoms with Crippen LogP contribution < -0.4 is 0 Å². The highest BCUT2D eigenvalue weighted by atomic mass is 16.4. The Hall–Kier alpha value is -1.77. The lowest BCUT2D eigenvalue weighted by atomic mass is 10.1. The van der Waals surface area contributed by atoms with Crippen LogP contribution in [-0.2, 0) is 0 Å². The van der Waals surface area contributed by atoms with Crippen molar-refractivity contribution in [3.63, 3.8) is 0 Å². The first-order chi connectivity index (χ1) is 7.04. The summed E-state index contributed by atoms with van der Waals surface area (Å²) in [7, 11) is 0. The third-order valence-electron chi connectivity index (χ3n) is 2.94. The van der Waals surface area contributed by atoms with E-state index in [1.807, 2.05) is 39.0 Å². The topological polar surface area (TPSA) is 42.2 Å². The van der Waals surface area contributed by atoms with E-state index in [1.54, 1.807) is 0 Å². The lowest BCUT2D eigenvalue weighted by Crippen LogP contribution is -2.09. The Morgan fingerprint density at radius 2 is 1.93 bits per heavy atom. The van der Waals surface area contributed by atoms with Crippen molar-refractivity contribution in [2.75, 3.05) is 0 Å². The normalized spacial score (nSPS) is 10.9. The van der Waals surface area contributed by atoms with Crippen molar-refractivity contribution in [3.05, 3.63) is 35.0 Å². The van der Waals surface area contributed by atoms with Crippen LogP contribution in [0.2, 0.25) is 0 Å². The van der Waals surface area contributed by atoms with Gasteiger partial charge in [0.05, 0.1) is 5.52 Å². The average Bonchev–Trinajstić information content (AvgIpc) is 2.41. The third kappa shape index (κ3) is 1.23. The number of benzene rings is 1. The zero-order chi connectivity index (χ0) is 11.2. The molecule has 0 amide bonds. The largest absolute Gasteiger partial charge is 0.464 e. The van der Waals surface area contributed by atoms with Crippen molar-refractivity contribution >= 4 is 17.0 Å². The Kier molecular flexibility index (Phi) is 2.03. The molecule has 15 heavy (non-hydrogen) atoms. The molecule has 3 nitrogen and oxygen atoms in total. The van der Waals surface area contributed by atoms with Crippen LogP contribution in [0, 0.1) is 20.8 Å². The number of nitrogens with zero attached hydrogens (tertiary/aromatic N) is 1. The maximum absolute atomic E-state index is 11.1. The molecule has 2 aromatic rings. The van der Waals surface area contributed by atoms with Crippen LogP contribution in [0.25, 0.3) is 10.9 Å². The van der Waals surface area contributed by atoms with Crippen LogP contribution in [0.5, 0.6) is 0 Å². The van der Waals surface area contributed by atoms with Gasteiger partial charge < -0.3 is 5.11 Å². The van der Waals surface area contributed by atoms with Gasteiger partial charge in [-0.2, -0.15) is 0 Å². The Labute approximate surface area is 87.9 Å². The Balaban J connectivity index is 3.00. The molecule has 1 aromatic carbocycles. The molecule has 0 radical (unpaired) electrons. The maximum Gasteiger partial charge on any atom is 0.416 e. The molecule has 0 atom stereocenters. The van der Waals surface area contributed by atoms with Crippen molar-refractivity contribution in [1.29, 1.82) is 0 Å². The molecule has 0 spiro atoms. The smallest absolute Gasteiger partial charge is 0.416 e. The second-order valence-electron chi connectivity index (χ2n) is 3.80. The SMILES string of the molecule is Cc1cccc2c1c(C)c(C)n2C(=O)O. The van der Waals surface area contributed by atoms with Gasteiger partial charge in [-0.25, -0.2) is 9.36 Å². The van der Waals surface area contributed by atoms with E-state index in [0.717, 1.165) is 27.7 Å². The van der Waals surface area contributed by atoms with E-state index in [0.29, 0.717) is 0 Å². The van der Waals surface area contributed by atoms with Crippen molar-refractivity contribution in [1.82, 2.24) is 4.57 Å². The summed E-state index contributed by atoms with van der Waals surface area (Å²) in [6.07, 6.45) is -0.920. The number of rotatable bonds is 0. The highest BCUT2D eigenvalue weighted by Crippen LogP contribution is 2.27. The molecule has 1 heterocycles. The van der Waals surface area contributed by atoms with Crippen LogP contribution in [-0.4, -0.2) is 15.8 Å². The maximum atomic E-state index is 11.1. The van der Waals surface area contributed by atoms with E-state index in [2.05, 4.69) is 0 Å². The van der Waals surface area contributed by atoms with E-state index in [-0.39, 0.29) is 0 Å². The fourth-order valence-electron chi connectivity index (χ4n) is 2.10. The molecule has 0 aliphatic carbocycles. The molecule has 1 aromatic heterocycles. The Morgan fingerprint density at radius 1 is 1.27 bits per heavy atom. The van der Waals surface area contributed by atoms with Gasteiger partial charge in [0.1, 0.15) is 0 Å². The second kappa shape index (κ2) is 3.12. The van der Waals surface area contributed by atoms with Gasteiger partial charge in [0, 0.05) is 11.1 Å². The first-order valence-electron chi connectivity index (χ1n) is 4.84. The summed E-state index contributed by atoms with van der Waals surface area (Å²) in [6.45, 7) is 5.80. The molecule has 0 aliphatic heterocycles. The van der Waals surface area contributed by atoms with Gasteiger partial charge in [0.2, 0.25) is 0 Å². The van der Waals surface area contributed by atoms with E-state index >= 15 is 0 Å². The van der Waals surface area contributed by atoms with Crippen LogP contribution >= 0.6 is 0 Å². The zero-order valence-corrected chi connectivity index (χ0v) is 9.03. The first kappa shape index (κ1) is 9.77. The number of hydrogen-bond donors (Lipinski definition) is 1. The summed E-state index contributed by atoms with van der Waals surface area (Å²) in [6, 6.07) is 5.73. The number of fused-ring (bicyclic) bond motifs is 1. The molecule has 78 valence electrons. The van der Waals surface area contributed by atoms with Gasteiger partial charge >= 0.3 is 6.09 Å². The van der Waals surface area contributed by atoms with Gasteiger partial charge in [0.25, 0.3) is 0 Å². The number of hydrogen-bond acceptors (Lipinski definition) is 1. The van der Waals surface area contributed by atoms with Crippen LogP contribution in [0.15, 0.2) is 18.2 Å². The van der Waals surface area contributed by atoms with Crippen molar-refractivity contribution in [2.45, 2.75) is 20.8 Å². The molecular formula is C12H13NO2. The van der Waals surface area contributed by atoms with Gasteiger partial charge in [-0.05, 0) is 38.0 Å². The summed E-state index contributed by atoms with van der Waals surface area (Å²) in [5, 5.41) is 10.2. The molecule has 0 unspecified atom stereocenters. The summed E-state index contributed by atoms with van der Waals surface area (Å²) < 4.78 is 1.34. The molecule has 1 N–H and O–H groups in total. The Bertz CT molecular complexity index is 552. The molecule has 0 aliphatic rings. The summed E-state index contributed by atoms with van der Waals surface area (Å²) in [5.41, 5.74) is 3.74. The minimum atomic E-state index is -0.920. The van der Waals surface area contributed by atoms with Crippen LogP contribution in [0.3, 0.4) is 0 Å². The predicted octanol–water partition coefficient (Wildman–Crippen LogP) is 3.09. The van der Waals surface area contributed by atoms with Crippen molar-refractivity contribution < 1.29 is 9.90 Å². The lowest BCUT2D eigenvalue weighted by Gasteiger charge is -2.00. The van der Waals surface area contributed by atoms with E-state index in [4.69, 9.17) is 5.11 Å². The molecule has 0 saturated heterocycles. The Morgan fingerprint density at radius 3 is 2.53 bits per heavy atom. The third-order valence-corrected chi connectivity index (χ3v) is 2.94. The minimum absolute atomic E-state index is 0.775. The summed E-state index contributed by atoms with van der Waals surface area (Å²) in [5.74, 6) is 0. The molecular weight excluding hydrogens is 190 g/mol. The van der Waals surface area contributed by atoms with Crippen LogP contribution in [0.4, 0.5) is 4.79 Å². The van der Waals surface area contributed by atoms with Crippen LogP contribution in [0.1, 0.15) is 16.8 Å². The number of carboxylic acid groups (broad SMARTS) is 1. The minimum Gasteiger partial charge on any atom is -0.464 e. The number of aromatic nitrogens is 1. The number of carbonyl (C=O) groups is 1. The molecule has 0 bridgehead atoms. The van der Waals surface area contributed by atoms with Crippen molar-refractivity contribution in [2.24, 2.45) is 0 Å². The van der Waals surface area contributed by atoms with Gasteiger partial charge in [0.15, 0.2) is 0 Å². The van der Waals surface area contributed by atoms with Gasteiger partial charge in [-0.3, -0.25) is 0 Å². The summed E-state index contributed by atoms with van der Waals surface area (Å²) in [4.78, 5) is 11.1. The highest BCUT2D eigenvalue weighted by molar-refractivity contribution is 5.94. The van der Waals surface area contributed by atoms with E-state index < -0.39 is 6.09 Å². The molecule has 2 rings (SSSR count). The predicted molar refractivity (Wildman–Crippen MR) is 59.6 cm³/mol. The van der Waals surface area contributed by atoms with E-state index in [1.165, 1.54) is 4.57 Å². The lowest BCUT2D eigenvalue weighted by molar-refractivity contribution is 0.197. The zero-order valence-electron chi connectivity index (χ0n) is 9.03. The monoisotopic (exact) mass is 203 g/mol.